The van der Waals surface area contributed by atoms with Crippen LogP contribution in [0.5, 0.6) is 0 Å². The quantitative estimate of drug-likeness (QED) is 0.566. The molecule has 0 spiro atoms. The third-order valence-corrected chi connectivity index (χ3v) is 2.39. The van der Waals surface area contributed by atoms with Gasteiger partial charge in [0.05, 0.1) is 18.6 Å². The molecule has 12 heavy (non-hydrogen) atoms. The maximum Gasteiger partial charge on any atom is 0.313 e. The molecule has 1 fully saturated rings. The van der Waals surface area contributed by atoms with E-state index in [1.165, 1.54) is 7.11 Å². The average molecular weight is 173 g/mol. The fraction of sp³-hybridized carbons (Fsp3) is 0.875. The summed E-state index contributed by atoms with van der Waals surface area (Å²) in [5, 5.41) is 12.1. The Labute approximate surface area is 71.9 Å². The van der Waals surface area contributed by atoms with Gasteiger partial charge < -0.3 is 15.2 Å². The number of aliphatic hydroxyl groups is 1. The number of carbonyl (C=O) groups excluding carboxylic acids is 1. The Kier molecular flexibility index (Phi) is 2.69. The van der Waals surface area contributed by atoms with Crippen LogP contribution in [0.15, 0.2) is 0 Å². The third kappa shape index (κ3) is 1.44. The van der Waals surface area contributed by atoms with Crippen molar-refractivity contribution in [3.8, 4) is 0 Å². The summed E-state index contributed by atoms with van der Waals surface area (Å²) in [7, 11) is 3.17. The lowest BCUT2D eigenvalue weighted by Gasteiger charge is -2.42. The second-order valence-corrected chi connectivity index (χ2v) is 3.36. The van der Waals surface area contributed by atoms with E-state index in [2.05, 4.69) is 10.1 Å². The van der Waals surface area contributed by atoms with Gasteiger partial charge in [0.2, 0.25) is 0 Å². The molecule has 0 radical (unpaired) electrons. The van der Waals surface area contributed by atoms with Gasteiger partial charge in [0, 0.05) is 6.54 Å². The zero-order valence-electron chi connectivity index (χ0n) is 7.46. The molecule has 0 heterocycles. The first-order chi connectivity index (χ1) is 5.64. The summed E-state index contributed by atoms with van der Waals surface area (Å²) in [4.78, 5) is 11.3. The topological polar surface area (TPSA) is 58.6 Å². The molecule has 1 aliphatic carbocycles. The molecule has 4 heteroatoms. The van der Waals surface area contributed by atoms with Gasteiger partial charge in [0.15, 0.2) is 0 Å². The number of hydrogen-bond acceptors (Lipinski definition) is 4. The van der Waals surface area contributed by atoms with E-state index >= 15 is 0 Å². The number of aliphatic hydroxyl groups excluding tert-OH is 1. The molecule has 0 bridgehead atoms. The highest BCUT2D eigenvalue weighted by atomic mass is 16.5. The van der Waals surface area contributed by atoms with Crippen molar-refractivity contribution in [3.05, 3.63) is 0 Å². The molecular weight excluding hydrogens is 158 g/mol. The Morgan fingerprint density at radius 1 is 1.75 bits per heavy atom. The van der Waals surface area contributed by atoms with Crippen molar-refractivity contribution in [1.29, 1.82) is 0 Å². The van der Waals surface area contributed by atoms with Gasteiger partial charge in [-0.25, -0.2) is 0 Å². The van der Waals surface area contributed by atoms with Gasteiger partial charge in [-0.3, -0.25) is 4.79 Å². The Hall–Kier alpha value is -0.610. The fourth-order valence-corrected chi connectivity index (χ4v) is 1.78. The molecule has 0 unspecified atom stereocenters. The van der Waals surface area contributed by atoms with Gasteiger partial charge in [-0.1, -0.05) is 0 Å². The standard InChI is InChI=1S/C8H15NO3/c1-9-5-8(7(11)12-2)3-6(10)4-8/h6,9-10H,3-5H2,1-2H3. The summed E-state index contributed by atoms with van der Waals surface area (Å²) in [6, 6.07) is 0. The molecule has 1 rings (SSSR count). The smallest absolute Gasteiger partial charge is 0.313 e. The largest absolute Gasteiger partial charge is 0.469 e. The Bertz CT molecular complexity index is 170. The van der Waals surface area contributed by atoms with Gasteiger partial charge in [-0.05, 0) is 19.9 Å². The molecule has 0 aromatic heterocycles. The zero-order chi connectivity index (χ0) is 9.19. The van der Waals surface area contributed by atoms with Gasteiger partial charge in [-0.15, -0.1) is 0 Å². The first-order valence-electron chi connectivity index (χ1n) is 4.06. The van der Waals surface area contributed by atoms with Crippen LogP contribution in [-0.2, 0) is 9.53 Å². The van der Waals surface area contributed by atoms with Crippen LogP contribution in [0.2, 0.25) is 0 Å². The van der Waals surface area contributed by atoms with Gasteiger partial charge >= 0.3 is 5.97 Å². The first-order valence-corrected chi connectivity index (χ1v) is 4.06. The second kappa shape index (κ2) is 3.41. The van der Waals surface area contributed by atoms with Crippen molar-refractivity contribution in [2.75, 3.05) is 20.7 Å². The van der Waals surface area contributed by atoms with E-state index in [1.54, 1.807) is 7.05 Å². The van der Waals surface area contributed by atoms with Crippen molar-refractivity contribution in [3.63, 3.8) is 0 Å². The highest BCUT2D eigenvalue weighted by Crippen LogP contribution is 2.41. The number of rotatable bonds is 3. The molecule has 4 nitrogen and oxygen atoms in total. The molecule has 1 aliphatic rings. The number of esters is 1. The molecule has 0 atom stereocenters. The molecule has 0 saturated heterocycles. The lowest BCUT2D eigenvalue weighted by molar-refractivity contribution is -0.166. The van der Waals surface area contributed by atoms with Crippen LogP contribution in [0.1, 0.15) is 12.8 Å². The van der Waals surface area contributed by atoms with E-state index < -0.39 is 5.41 Å². The van der Waals surface area contributed by atoms with Crippen molar-refractivity contribution in [1.82, 2.24) is 5.32 Å². The minimum absolute atomic E-state index is 0.220. The highest BCUT2D eigenvalue weighted by Gasteiger charge is 2.50. The van der Waals surface area contributed by atoms with Crippen LogP contribution in [0.25, 0.3) is 0 Å². The van der Waals surface area contributed by atoms with Gasteiger partial charge in [0.25, 0.3) is 0 Å². The van der Waals surface area contributed by atoms with E-state index in [-0.39, 0.29) is 12.1 Å². The van der Waals surface area contributed by atoms with E-state index in [0.717, 1.165) is 0 Å². The summed E-state index contributed by atoms with van der Waals surface area (Å²) in [5.41, 5.74) is -0.469. The van der Waals surface area contributed by atoms with Crippen LogP contribution in [0.3, 0.4) is 0 Å². The summed E-state index contributed by atoms with van der Waals surface area (Å²) in [6.45, 7) is 0.580. The number of ether oxygens (including phenoxy) is 1. The first kappa shape index (κ1) is 9.48. The minimum Gasteiger partial charge on any atom is -0.469 e. The van der Waals surface area contributed by atoms with E-state index in [4.69, 9.17) is 5.11 Å². The third-order valence-electron chi connectivity index (χ3n) is 2.39. The van der Waals surface area contributed by atoms with Crippen molar-refractivity contribution < 1.29 is 14.6 Å². The Balaban J connectivity index is 2.56. The molecule has 1 saturated carbocycles. The maximum absolute atomic E-state index is 11.3. The van der Waals surface area contributed by atoms with Crippen LogP contribution < -0.4 is 5.32 Å². The van der Waals surface area contributed by atoms with Crippen LogP contribution in [-0.4, -0.2) is 37.9 Å². The molecule has 0 aromatic rings. The van der Waals surface area contributed by atoms with E-state index in [1.807, 2.05) is 0 Å². The van der Waals surface area contributed by atoms with Crippen molar-refractivity contribution in [2.24, 2.45) is 5.41 Å². The highest BCUT2D eigenvalue weighted by molar-refractivity contribution is 5.78. The van der Waals surface area contributed by atoms with Crippen molar-refractivity contribution >= 4 is 5.97 Å². The average Bonchev–Trinajstić information content (AvgIpc) is 2.00. The molecule has 0 aromatic carbocycles. The predicted molar refractivity (Wildman–Crippen MR) is 43.6 cm³/mol. The maximum atomic E-state index is 11.3. The number of hydrogen-bond donors (Lipinski definition) is 2. The number of carbonyl (C=O) groups is 1. The second-order valence-electron chi connectivity index (χ2n) is 3.36. The summed E-state index contributed by atoms with van der Waals surface area (Å²) in [5.74, 6) is -0.220. The van der Waals surface area contributed by atoms with Crippen LogP contribution in [0.4, 0.5) is 0 Å². The fourth-order valence-electron chi connectivity index (χ4n) is 1.78. The van der Waals surface area contributed by atoms with Gasteiger partial charge in [-0.2, -0.15) is 0 Å². The Morgan fingerprint density at radius 3 is 2.67 bits per heavy atom. The molecule has 2 N–H and O–H groups in total. The van der Waals surface area contributed by atoms with E-state index in [9.17, 15) is 4.79 Å². The molecule has 0 aliphatic heterocycles. The normalized spacial score (nSPS) is 34.1. The predicted octanol–water partition coefficient (Wildman–Crippen LogP) is -0.480. The lowest BCUT2D eigenvalue weighted by Crippen LogP contribution is -2.52. The zero-order valence-corrected chi connectivity index (χ0v) is 7.46. The van der Waals surface area contributed by atoms with Crippen LogP contribution >= 0.6 is 0 Å². The van der Waals surface area contributed by atoms with E-state index in [0.29, 0.717) is 19.4 Å². The summed E-state index contributed by atoms with van der Waals surface area (Å²) in [6.07, 6.45) is 0.693. The van der Waals surface area contributed by atoms with Crippen LogP contribution in [0, 0.1) is 5.41 Å². The monoisotopic (exact) mass is 173 g/mol. The summed E-state index contributed by atoms with van der Waals surface area (Å²) >= 11 is 0. The van der Waals surface area contributed by atoms with Crippen molar-refractivity contribution in [2.45, 2.75) is 18.9 Å². The summed E-state index contributed by atoms with van der Waals surface area (Å²) < 4.78 is 4.67. The Morgan fingerprint density at radius 2 is 2.33 bits per heavy atom. The molecule has 70 valence electrons. The SMILES string of the molecule is CNCC1(C(=O)OC)CC(O)C1. The van der Waals surface area contributed by atoms with Gasteiger partial charge in [0.1, 0.15) is 0 Å². The minimum atomic E-state index is -0.469. The molecular formula is C8H15NO3. The molecule has 0 amide bonds. The number of methoxy groups -OCH3 is 1. The lowest BCUT2D eigenvalue weighted by atomic mass is 9.66. The number of nitrogens with one attached hydrogen (secondary N) is 1.